The van der Waals surface area contributed by atoms with Gasteiger partial charge in [-0.2, -0.15) is 5.10 Å². The number of aromatic nitrogens is 2. The largest absolute Gasteiger partial charge is 0.329 e. The highest BCUT2D eigenvalue weighted by Crippen LogP contribution is 2.24. The van der Waals surface area contributed by atoms with Crippen molar-refractivity contribution < 1.29 is 4.92 Å². The van der Waals surface area contributed by atoms with Crippen molar-refractivity contribution in [3.05, 3.63) is 80.2 Å². The van der Waals surface area contributed by atoms with Gasteiger partial charge in [0.15, 0.2) is 4.77 Å². The van der Waals surface area contributed by atoms with Crippen LogP contribution >= 0.6 is 23.8 Å². The molecule has 0 spiro atoms. The molecule has 2 aromatic carbocycles. The van der Waals surface area contributed by atoms with Crippen LogP contribution in [0.15, 0.2) is 59.8 Å². The number of benzene rings is 2. The van der Waals surface area contributed by atoms with Gasteiger partial charge in [-0.25, -0.2) is 4.68 Å². The third-order valence-corrected chi connectivity index (χ3v) is 3.89. The number of imidazole rings is 1. The second-order valence-corrected chi connectivity index (χ2v) is 5.69. The van der Waals surface area contributed by atoms with Gasteiger partial charge < -0.3 is 4.98 Å². The number of H-pyrrole nitrogens is 1. The number of nitro groups is 1. The fourth-order valence-corrected chi connectivity index (χ4v) is 2.51. The van der Waals surface area contributed by atoms with Crippen molar-refractivity contribution in [2.75, 3.05) is 0 Å². The van der Waals surface area contributed by atoms with Gasteiger partial charge in [0.1, 0.15) is 5.02 Å². The molecule has 0 aliphatic carbocycles. The van der Waals surface area contributed by atoms with Crippen molar-refractivity contribution in [1.82, 2.24) is 9.66 Å². The minimum absolute atomic E-state index is 0.0850. The van der Waals surface area contributed by atoms with E-state index in [0.29, 0.717) is 10.3 Å². The van der Waals surface area contributed by atoms with E-state index >= 15 is 0 Å². The molecule has 0 radical (unpaired) electrons. The quantitative estimate of drug-likeness (QED) is 0.319. The molecule has 0 saturated carbocycles. The number of nitrogens with one attached hydrogen (secondary N) is 1. The zero-order chi connectivity index (χ0) is 17.1. The Bertz CT molecular complexity index is 979. The molecule has 1 heterocycles. The Labute approximate surface area is 147 Å². The molecule has 120 valence electrons. The van der Waals surface area contributed by atoms with Gasteiger partial charge in [-0.1, -0.05) is 48.0 Å². The van der Waals surface area contributed by atoms with Crippen LogP contribution < -0.4 is 0 Å². The maximum atomic E-state index is 10.9. The summed E-state index contributed by atoms with van der Waals surface area (Å²) in [4.78, 5) is 13.5. The predicted molar refractivity (Wildman–Crippen MR) is 96.2 cm³/mol. The van der Waals surface area contributed by atoms with Crippen LogP contribution in [0.1, 0.15) is 5.56 Å². The summed E-state index contributed by atoms with van der Waals surface area (Å²) < 4.78 is 1.92. The van der Waals surface area contributed by atoms with E-state index in [9.17, 15) is 10.1 Å². The number of aromatic amines is 1. The summed E-state index contributed by atoms with van der Waals surface area (Å²) in [6.45, 7) is 0. The highest BCUT2D eigenvalue weighted by atomic mass is 35.5. The van der Waals surface area contributed by atoms with Crippen LogP contribution in [0.25, 0.3) is 11.3 Å². The van der Waals surface area contributed by atoms with Crippen molar-refractivity contribution in [2.45, 2.75) is 0 Å². The van der Waals surface area contributed by atoms with Gasteiger partial charge in [-0.15, -0.1) is 0 Å². The molecule has 0 atom stereocenters. The average molecular weight is 359 g/mol. The topological polar surface area (TPSA) is 76.2 Å². The summed E-state index contributed by atoms with van der Waals surface area (Å²) in [6.07, 6.45) is 3.25. The molecule has 0 aliphatic heterocycles. The third-order valence-electron chi connectivity index (χ3n) is 3.28. The van der Waals surface area contributed by atoms with Crippen LogP contribution in [0.3, 0.4) is 0 Å². The Kier molecular flexibility index (Phi) is 4.54. The van der Waals surface area contributed by atoms with Gasteiger partial charge in [-0.05, 0) is 23.8 Å². The van der Waals surface area contributed by atoms with Gasteiger partial charge >= 0.3 is 0 Å². The fourth-order valence-electron chi connectivity index (χ4n) is 2.11. The van der Waals surface area contributed by atoms with Crippen molar-refractivity contribution >= 4 is 35.7 Å². The maximum absolute atomic E-state index is 10.9. The fraction of sp³-hybridized carbons (Fsp3) is 0. The maximum Gasteiger partial charge on any atom is 0.288 e. The van der Waals surface area contributed by atoms with Crippen molar-refractivity contribution in [3.8, 4) is 11.3 Å². The van der Waals surface area contributed by atoms with Crippen LogP contribution in [0.5, 0.6) is 0 Å². The molecule has 24 heavy (non-hydrogen) atoms. The Hall–Kier alpha value is -2.77. The molecule has 0 unspecified atom stereocenters. The van der Waals surface area contributed by atoms with Gasteiger partial charge in [0.2, 0.25) is 0 Å². The average Bonchev–Trinajstić information content (AvgIpc) is 2.95. The molecule has 0 saturated heterocycles. The van der Waals surface area contributed by atoms with E-state index in [4.69, 9.17) is 23.8 Å². The zero-order valence-electron chi connectivity index (χ0n) is 12.2. The Morgan fingerprint density at radius 3 is 2.71 bits per heavy atom. The zero-order valence-corrected chi connectivity index (χ0v) is 13.8. The molecule has 0 fully saturated rings. The molecule has 6 nitrogen and oxygen atoms in total. The molecular weight excluding hydrogens is 348 g/mol. The molecule has 1 aromatic heterocycles. The molecule has 3 aromatic rings. The van der Waals surface area contributed by atoms with Gasteiger partial charge in [0.05, 0.1) is 23.0 Å². The number of halogens is 1. The Balaban J connectivity index is 1.91. The van der Waals surface area contributed by atoms with Crippen LogP contribution in [0, 0.1) is 14.9 Å². The first-order valence-corrected chi connectivity index (χ1v) is 7.68. The van der Waals surface area contributed by atoms with E-state index in [-0.39, 0.29) is 10.7 Å². The van der Waals surface area contributed by atoms with E-state index in [0.717, 1.165) is 11.3 Å². The minimum Gasteiger partial charge on any atom is -0.329 e. The van der Waals surface area contributed by atoms with Gasteiger partial charge in [-0.3, -0.25) is 10.1 Å². The van der Waals surface area contributed by atoms with E-state index in [2.05, 4.69) is 10.1 Å². The smallest absolute Gasteiger partial charge is 0.288 e. The summed E-state index contributed by atoms with van der Waals surface area (Å²) in [5.41, 5.74) is 2.21. The predicted octanol–water partition coefficient (Wildman–Crippen LogP) is 4.66. The van der Waals surface area contributed by atoms with Crippen LogP contribution in [-0.2, 0) is 0 Å². The van der Waals surface area contributed by atoms with E-state index in [1.807, 2.05) is 30.3 Å². The molecule has 0 bridgehead atoms. The number of rotatable bonds is 4. The number of nitrogens with zero attached hydrogens (tertiary/aromatic N) is 3. The summed E-state index contributed by atoms with van der Waals surface area (Å²) in [5.74, 6) is 0. The first-order chi connectivity index (χ1) is 11.5. The van der Waals surface area contributed by atoms with E-state index in [1.165, 1.54) is 23.0 Å². The first-order valence-electron chi connectivity index (χ1n) is 6.90. The minimum atomic E-state index is -0.533. The lowest BCUT2D eigenvalue weighted by atomic mass is 10.2. The number of nitro benzene ring substituents is 1. The Morgan fingerprint density at radius 2 is 2.00 bits per heavy atom. The molecule has 0 amide bonds. The summed E-state index contributed by atoms with van der Waals surface area (Å²) >= 11 is 11.0. The van der Waals surface area contributed by atoms with Crippen LogP contribution in [-0.4, -0.2) is 20.8 Å². The molecule has 0 aliphatic rings. The SMILES string of the molecule is O=[N+]([O-])c1cc(/C=N\n2cc(-c3ccccc3)[nH]c2=S)ccc1Cl. The summed E-state index contributed by atoms with van der Waals surface area (Å²) in [5, 5.41) is 15.2. The monoisotopic (exact) mass is 358 g/mol. The molecule has 3 rings (SSSR count). The lowest BCUT2D eigenvalue weighted by Gasteiger charge is -1.97. The van der Waals surface area contributed by atoms with Crippen molar-refractivity contribution in [1.29, 1.82) is 0 Å². The van der Waals surface area contributed by atoms with E-state index < -0.39 is 4.92 Å². The van der Waals surface area contributed by atoms with Gasteiger partial charge in [0.25, 0.3) is 5.69 Å². The number of hydrogen-bond donors (Lipinski definition) is 1. The number of hydrogen-bond acceptors (Lipinski definition) is 4. The summed E-state index contributed by atoms with van der Waals surface area (Å²) in [6, 6.07) is 14.2. The van der Waals surface area contributed by atoms with Crippen molar-refractivity contribution in [3.63, 3.8) is 0 Å². The Morgan fingerprint density at radius 1 is 1.25 bits per heavy atom. The third kappa shape index (κ3) is 3.42. The van der Waals surface area contributed by atoms with Crippen LogP contribution in [0.2, 0.25) is 5.02 Å². The lowest BCUT2D eigenvalue weighted by Crippen LogP contribution is -1.93. The standard InChI is InChI=1S/C16H11ClN4O2S/c17-13-7-6-11(8-15(13)21(22)23)9-18-20-10-14(19-16(20)24)12-4-2-1-3-5-12/h1-10H,(H,19,24)/b18-9-. The lowest BCUT2D eigenvalue weighted by molar-refractivity contribution is -0.384. The highest BCUT2D eigenvalue weighted by Gasteiger charge is 2.11. The second kappa shape index (κ2) is 6.77. The van der Waals surface area contributed by atoms with E-state index in [1.54, 1.807) is 12.3 Å². The second-order valence-electron chi connectivity index (χ2n) is 4.90. The first kappa shape index (κ1) is 16.1. The summed E-state index contributed by atoms with van der Waals surface area (Å²) in [7, 11) is 0. The van der Waals surface area contributed by atoms with Crippen molar-refractivity contribution in [2.24, 2.45) is 5.10 Å². The highest BCUT2D eigenvalue weighted by molar-refractivity contribution is 7.71. The van der Waals surface area contributed by atoms with Crippen LogP contribution in [0.4, 0.5) is 5.69 Å². The normalized spacial score (nSPS) is 11.0. The van der Waals surface area contributed by atoms with Gasteiger partial charge in [0, 0.05) is 11.6 Å². The molecule has 1 N–H and O–H groups in total. The molecule has 8 heteroatoms. The molecular formula is C16H11ClN4O2S.